The summed E-state index contributed by atoms with van der Waals surface area (Å²) >= 11 is 0. The molecule has 3 saturated carbocycles. The van der Waals surface area contributed by atoms with E-state index >= 15 is 0 Å². The third kappa shape index (κ3) is 9.35. The third-order valence-corrected chi connectivity index (χ3v) is 15.3. The summed E-state index contributed by atoms with van der Waals surface area (Å²) in [4.78, 5) is 12.6. The second-order valence-corrected chi connectivity index (χ2v) is 19.5. The minimum absolute atomic E-state index is 0.0146. The lowest BCUT2D eigenvalue weighted by molar-refractivity contribution is -0.339. The van der Waals surface area contributed by atoms with E-state index in [0.717, 1.165) is 75.3 Å². The van der Waals surface area contributed by atoms with E-state index < -0.39 is 55.3 Å². The largest absolute Gasteiger partial charge is 0.441 e. The van der Waals surface area contributed by atoms with Crippen LogP contribution in [0.1, 0.15) is 103 Å². The number of nitrogens with two attached hydrogens (primary N) is 1. The summed E-state index contributed by atoms with van der Waals surface area (Å²) in [6.45, 7) is 14.0. The van der Waals surface area contributed by atoms with Gasteiger partial charge in [-0.25, -0.2) is 4.79 Å². The molecule has 59 heavy (non-hydrogen) atoms. The van der Waals surface area contributed by atoms with E-state index in [9.17, 15) is 30.3 Å². The van der Waals surface area contributed by atoms with Gasteiger partial charge in [0.1, 0.15) is 30.5 Å². The van der Waals surface area contributed by atoms with Gasteiger partial charge in [-0.2, -0.15) is 0 Å². The summed E-state index contributed by atoms with van der Waals surface area (Å²) in [6.07, 6.45) is -0.329. The molecule has 0 aromatic heterocycles. The molecule has 1 aromatic carbocycles. The highest BCUT2D eigenvalue weighted by atomic mass is 16.7. The lowest BCUT2D eigenvalue weighted by Gasteiger charge is -2.58. The van der Waals surface area contributed by atoms with Crippen LogP contribution in [-0.2, 0) is 36.8 Å². The van der Waals surface area contributed by atoms with Crippen molar-refractivity contribution in [3.63, 3.8) is 0 Å². The Kier molecular flexibility index (Phi) is 14.0. The molecule has 2 saturated heterocycles. The third-order valence-electron chi connectivity index (χ3n) is 15.3. The normalized spacial score (nSPS) is 42.0. The van der Waals surface area contributed by atoms with Crippen molar-refractivity contribution in [2.24, 2.45) is 46.2 Å². The number of hydrogen-bond acceptors (Lipinski definition) is 12. The Morgan fingerprint density at radius 3 is 2.37 bits per heavy atom. The van der Waals surface area contributed by atoms with Crippen molar-refractivity contribution in [2.45, 2.75) is 166 Å². The predicted molar refractivity (Wildman–Crippen MR) is 219 cm³/mol. The number of nitrogens with one attached hydrogen (secondary N) is 1. The van der Waals surface area contributed by atoms with Gasteiger partial charge in [-0.05, 0) is 116 Å². The maximum absolute atomic E-state index is 12.6. The van der Waals surface area contributed by atoms with E-state index in [1.54, 1.807) is 0 Å². The molecule has 2 aliphatic heterocycles. The Hall–Kier alpha value is -2.43. The van der Waals surface area contributed by atoms with Crippen molar-refractivity contribution < 1.29 is 54.0 Å². The fourth-order valence-electron chi connectivity index (χ4n) is 11.7. The molecule has 6 aliphatic rings. The number of fused-ring (bicyclic) bond motifs is 5. The van der Waals surface area contributed by atoms with E-state index in [0.29, 0.717) is 30.2 Å². The number of alkyl carbamates (subject to hydrolysis) is 1. The number of ether oxygens (including phenoxy) is 5. The molecular weight excluding hydrogens is 757 g/mol. The van der Waals surface area contributed by atoms with Gasteiger partial charge in [0, 0.05) is 13.1 Å². The smallest absolute Gasteiger partial charge is 0.407 e. The summed E-state index contributed by atoms with van der Waals surface area (Å²) < 4.78 is 30.0. The fourth-order valence-corrected chi connectivity index (χ4v) is 11.7. The van der Waals surface area contributed by atoms with Gasteiger partial charge in [-0.3, -0.25) is 0 Å². The van der Waals surface area contributed by atoms with Gasteiger partial charge in [0.2, 0.25) is 0 Å². The first-order valence-electron chi connectivity index (χ1n) is 22.1. The Labute approximate surface area is 349 Å². The Morgan fingerprint density at radius 2 is 1.64 bits per heavy atom. The first-order chi connectivity index (χ1) is 28.1. The van der Waals surface area contributed by atoms with Crippen LogP contribution in [0.15, 0.2) is 48.1 Å². The molecule has 16 unspecified atom stereocenters. The molecule has 4 aliphatic carbocycles. The molecule has 0 spiro atoms. The fraction of sp³-hybridized carbons (Fsp3) is 0.761. The predicted octanol–water partition coefficient (Wildman–Crippen LogP) is 4.60. The molecule has 5 fully saturated rings. The van der Waals surface area contributed by atoms with Crippen LogP contribution < -0.4 is 11.1 Å². The number of aliphatic hydroxyl groups is 5. The summed E-state index contributed by atoms with van der Waals surface area (Å²) in [5.41, 5.74) is 10.2. The highest BCUT2D eigenvalue weighted by Gasteiger charge is 2.62. The highest BCUT2D eigenvalue weighted by Crippen LogP contribution is 2.67. The molecule has 13 heteroatoms. The average molecular weight is 827 g/mol. The molecular formula is C46H70N2O11. The van der Waals surface area contributed by atoms with Crippen LogP contribution in [-0.4, -0.2) is 106 Å². The number of rotatable bonds is 13. The first-order valence-corrected chi connectivity index (χ1v) is 22.1. The second kappa shape index (κ2) is 18.5. The molecule has 2 heterocycles. The number of benzene rings is 1. The summed E-state index contributed by atoms with van der Waals surface area (Å²) in [5.74, 6) is 2.12. The van der Waals surface area contributed by atoms with E-state index in [1.807, 2.05) is 24.3 Å². The molecule has 0 bridgehead atoms. The van der Waals surface area contributed by atoms with Crippen molar-refractivity contribution in [2.75, 3.05) is 13.2 Å². The molecule has 8 N–H and O–H groups in total. The van der Waals surface area contributed by atoms with E-state index in [4.69, 9.17) is 29.4 Å². The zero-order valence-electron chi connectivity index (χ0n) is 35.4. The quantitative estimate of drug-likeness (QED) is 0.137. The highest BCUT2D eigenvalue weighted by molar-refractivity contribution is 5.67. The average Bonchev–Trinajstić information content (AvgIpc) is 3.49. The van der Waals surface area contributed by atoms with Gasteiger partial charge >= 0.3 is 6.09 Å². The van der Waals surface area contributed by atoms with Crippen molar-refractivity contribution in [3.8, 4) is 0 Å². The first kappa shape index (κ1) is 44.6. The van der Waals surface area contributed by atoms with Crippen LogP contribution >= 0.6 is 0 Å². The number of hydrogen-bond donors (Lipinski definition) is 7. The molecule has 1 aromatic rings. The molecule has 16 atom stereocenters. The molecule has 330 valence electrons. The summed E-state index contributed by atoms with van der Waals surface area (Å²) in [7, 11) is 0. The van der Waals surface area contributed by atoms with Crippen molar-refractivity contribution in [3.05, 3.63) is 59.2 Å². The summed E-state index contributed by atoms with van der Waals surface area (Å²) in [5, 5.41) is 57.9. The number of amides is 1. The van der Waals surface area contributed by atoms with Crippen LogP contribution in [0.3, 0.4) is 0 Å². The van der Waals surface area contributed by atoms with Gasteiger partial charge in [-0.15, -0.1) is 0 Å². The number of carbonyl (C=O) groups excluding carboxylic acids is 1. The number of carbonyl (C=O) groups is 1. The van der Waals surface area contributed by atoms with Crippen LogP contribution in [0.5, 0.6) is 0 Å². The van der Waals surface area contributed by atoms with E-state index in [1.165, 1.54) is 11.1 Å². The summed E-state index contributed by atoms with van der Waals surface area (Å²) in [6, 6.07) is 7.42. The van der Waals surface area contributed by atoms with Crippen molar-refractivity contribution in [1.82, 2.24) is 5.32 Å². The number of aliphatic hydroxyl groups excluding tert-OH is 5. The molecule has 0 radical (unpaired) electrons. The zero-order valence-corrected chi connectivity index (χ0v) is 35.4. The van der Waals surface area contributed by atoms with Crippen LogP contribution in [0.25, 0.3) is 0 Å². The maximum Gasteiger partial charge on any atom is 0.407 e. The lowest BCUT2D eigenvalue weighted by Crippen LogP contribution is -2.61. The number of allylic oxidation sites excluding steroid dienone is 2. The van der Waals surface area contributed by atoms with Crippen LogP contribution in [0.2, 0.25) is 0 Å². The molecule has 13 nitrogen and oxygen atoms in total. The Balaban J connectivity index is 1.00. The van der Waals surface area contributed by atoms with Gasteiger partial charge < -0.3 is 60.3 Å². The van der Waals surface area contributed by atoms with Gasteiger partial charge in [0.05, 0.1) is 25.4 Å². The standard InChI is InChI=1S/C46H70N2O11/c1-25(2)6-7-26(3)18-34-36(20-33-31-13-12-29-19-30(49)14-16-45(29,4)32(31)15-17-46(33,34)5)57-43-40(53)41(35(50)23-55-43)59-42-39(52)38(51)37(24-56-42)58-44(54)48-22-28-10-8-27(21-47)9-11-28/h8-12,25,30-43,49-53H,3,6-7,13-24,47H2,1-2,4-5H3,(H,48,54). The maximum atomic E-state index is 12.6. The van der Waals surface area contributed by atoms with Gasteiger partial charge in [0.25, 0.3) is 0 Å². The second-order valence-electron chi connectivity index (χ2n) is 19.5. The lowest BCUT2D eigenvalue weighted by atomic mass is 9.47. The van der Waals surface area contributed by atoms with Gasteiger partial charge in [0.15, 0.2) is 18.7 Å². The molecule has 7 rings (SSSR count). The Bertz CT molecular complexity index is 1640. The Morgan fingerprint density at radius 1 is 0.932 bits per heavy atom. The van der Waals surface area contributed by atoms with Crippen LogP contribution in [0, 0.1) is 40.4 Å². The minimum Gasteiger partial charge on any atom is -0.441 e. The monoisotopic (exact) mass is 826 g/mol. The van der Waals surface area contributed by atoms with Gasteiger partial charge in [-0.1, -0.05) is 75.8 Å². The SMILES string of the molecule is C=C(CCC(C)C)CC1C(OC2OCC(O)C(OC3OCC(OC(=O)NCc4ccc(CN)cc4)C(O)C3O)C2O)CC2C3CC=C4CC(O)CCC4(C)C3CCC12C. The topological polar surface area (TPSA) is 202 Å². The minimum atomic E-state index is -1.65. The van der Waals surface area contributed by atoms with E-state index in [-0.39, 0.29) is 48.7 Å². The zero-order chi connectivity index (χ0) is 42.2. The van der Waals surface area contributed by atoms with Crippen molar-refractivity contribution in [1.29, 1.82) is 0 Å². The van der Waals surface area contributed by atoms with E-state index in [2.05, 4.69) is 45.7 Å². The van der Waals surface area contributed by atoms with Crippen LogP contribution in [0.4, 0.5) is 4.79 Å². The van der Waals surface area contributed by atoms with Crippen molar-refractivity contribution >= 4 is 6.09 Å². The molecule has 1 amide bonds.